The third-order valence-corrected chi connectivity index (χ3v) is 2.22. The highest BCUT2D eigenvalue weighted by molar-refractivity contribution is 9.10. The molecule has 12 heavy (non-hydrogen) atoms. The van der Waals surface area contributed by atoms with Crippen LogP contribution >= 0.6 is 15.9 Å². The Labute approximate surface area is 77.8 Å². The Balaban J connectivity index is 2.86. The minimum Gasteiger partial charge on any atom is -0.384 e. The van der Waals surface area contributed by atoms with E-state index in [1.807, 2.05) is 12.1 Å². The second-order valence-corrected chi connectivity index (χ2v) is 3.16. The van der Waals surface area contributed by atoms with Gasteiger partial charge in [0.2, 0.25) is 0 Å². The monoisotopic (exact) mass is 223 g/mol. The third-order valence-electron chi connectivity index (χ3n) is 1.59. The first kappa shape index (κ1) is 7.49. The van der Waals surface area contributed by atoms with Gasteiger partial charge in [-0.05, 0) is 34.1 Å². The number of hydrogen-bond donors (Lipinski definition) is 1. The van der Waals surface area contributed by atoms with Crippen LogP contribution < -0.4 is 5.73 Å². The first-order valence-electron chi connectivity index (χ1n) is 3.44. The summed E-state index contributed by atoms with van der Waals surface area (Å²) in [5.74, 6) is 0.528. The summed E-state index contributed by atoms with van der Waals surface area (Å²) < 4.78 is 0.799. The van der Waals surface area contributed by atoms with Crippen molar-refractivity contribution >= 4 is 32.7 Å². The molecule has 4 heteroatoms. The van der Waals surface area contributed by atoms with Crippen molar-refractivity contribution in [1.29, 1.82) is 0 Å². The maximum atomic E-state index is 5.53. The zero-order valence-corrected chi connectivity index (χ0v) is 7.75. The molecule has 0 atom stereocenters. The zero-order chi connectivity index (χ0) is 8.55. The normalized spacial score (nSPS) is 10.4. The average Bonchev–Trinajstić information content (AvgIpc) is 2.04. The molecule has 0 aliphatic heterocycles. The maximum absolute atomic E-state index is 5.53. The molecular formula is C8H6BrN3. The van der Waals surface area contributed by atoms with Crippen molar-refractivity contribution in [3.05, 3.63) is 29.0 Å². The van der Waals surface area contributed by atoms with Crippen LogP contribution in [0.5, 0.6) is 0 Å². The van der Waals surface area contributed by atoms with E-state index < -0.39 is 0 Å². The molecule has 3 nitrogen and oxygen atoms in total. The van der Waals surface area contributed by atoms with Gasteiger partial charge in [0, 0.05) is 11.6 Å². The van der Waals surface area contributed by atoms with Crippen LogP contribution in [0.3, 0.4) is 0 Å². The molecule has 0 fully saturated rings. The summed E-state index contributed by atoms with van der Waals surface area (Å²) in [6.45, 7) is 0. The van der Waals surface area contributed by atoms with E-state index in [1.165, 1.54) is 0 Å². The van der Waals surface area contributed by atoms with E-state index in [0.29, 0.717) is 5.82 Å². The molecule has 0 aliphatic rings. The Bertz CT molecular complexity index is 428. The van der Waals surface area contributed by atoms with Crippen molar-refractivity contribution in [2.24, 2.45) is 0 Å². The Morgan fingerprint density at radius 3 is 2.92 bits per heavy atom. The fourth-order valence-electron chi connectivity index (χ4n) is 1.04. The number of fused-ring (bicyclic) bond motifs is 1. The first-order valence-corrected chi connectivity index (χ1v) is 4.23. The van der Waals surface area contributed by atoms with Gasteiger partial charge in [0.25, 0.3) is 0 Å². The molecule has 0 saturated heterocycles. The van der Waals surface area contributed by atoms with Gasteiger partial charge in [0.05, 0.1) is 5.52 Å². The Morgan fingerprint density at radius 2 is 2.08 bits per heavy atom. The summed E-state index contributed by atoms with van der Waals surface area (Å²) in [6.07, 6.45) is 1.69. The number of halogens is 1. The zero-order valence-electron chi connectivity index (χ0n) is 6.16. The quantitative estimate of drug-likeness (QED) is 0.696. The van der Waals surface area contributed by atoms with Crippen LogP contribution in [0.2, 0.25) is 0 Å². The second kappa shape index (κ2) is 2.71. The van der Waals surface area contributed by atoms with Gasteiger partial charge in [-0.15, -0.1) is 0 Å². The third kappa shape index (κ3) is 1.14. The lowest BCUT2D eigenvalue weighted by Gasteiger charge is -1.98. The van der Waals surface area contributed by atoms with E-state index >= 15 is 0 Å². The highest BCUT2D eigenvalue weighted by Gasteiger charge is 1.99. The van der Waals surface area contributed by atoms with Crippen LogP contribution in [-0.4, -0.2) is 9.97 Å². The number of pyridine rings is 2. The van der Waals surface area contributed by atoms with Crippen molar-refractivity contribution in [2.45, 2.75) is 0 Å². The number of nitrogen functional groups attached to an aromatic ring is 1. The Morgan fingerprint density at radius 1 is 1.25 bits per heavy atom. The molecule has 2 rings (SSSR count). The van der Waals surface area contributed by atoms with Crippen LogP contribution in [0.1, 0.15) is 0 Å². The number of nitrogens with zero attached hydrogens (tertiary/aromatic N) is 2. The number of hydrogen-bond acceptors (Lipinski definition) is 3. The lowest BCUT2D eigenvalue weighted by atomic mass is 10.3. The first-order chi connectivity index (χ1) is 5.77. The number of nitrogens with two attached hydrogens (primary N) is 1. The van der Waals surface area contributed by atoms with Gasteiger partial charge in [-0.2, -0.15) is 0 Å². The molecule has 2 aromatic rings. The van der Waals surface area contributed by atoms with E-state index in [-0.39, 0.29) is 0 Å². The van der Waals surface area contributed by atoms with E-state index in [1.54, 1.807) is 12.3 Å². The van der Waals surface area contributed by atoms with Gasteiger partial charge in [0.15, 0.2) is 0 Å². The van der Waals surface area contributed by atoms with E-state index in [4.69, 9.17) is 5.73 Å². The molecule has 2 heterocycles. The molecule has 0 aliphatic carbocycles. The fraction of sp³-hybridized carbons (Fsp3) is 0. The van der Waals surface area contributed by atoms with Gasteiger partial charge in [-0.3, -0.25) is 0 Å². The van der Waals surface area contributed by atoms with Gasteiger partial charge in [-0.25, -0.2) is 9.97 Å². The largest absolute Gasteiger partial charge is 0.384 e. The fourth-order valence-corrected chi connectivity index (χ4v) is 1.49. The minimum absolute atomic E-state index is 0.528. The van der Waals surface area contributed by atoms with Gasteiger partial charge < -0.3 is 5.73 Å². The molecule has 2 N–H and O–H groups in total. The second-order valence-electron chi connectivity index (χ2n) is 2.40. The van der Waals surface area contributed by atoms with Crippen LogP contribution in [0, 0.1) is 0 Å². The van der Waals surface area contributed by atoms with Gasteiger partial charge in [-0.1, -0.05) is 0 Å². The molecule has 2 aromatic heterocycles. The van der Waals surface area contributed by atoms with Crippen molar-refractivity contribution in [1.82, 2.24) is 9.97 Å². The Kier molecular flexibility index (Phi) is 1.69. The van der Waals surface area contributed by atoms with Crippen molar-refractivity contribution in [3.8, 4) is 0 Å². The summed E-state index contributed by atoms with van der Waals surface area (Å²) in [6, 6.07) is 5.49. The molecule has 0 bridgehead atoms. The SMILES string of the molecule is Nc1ccc2c(Br)nccc2n1. The summed E-state index contributed by atoms with van der Waals surface area (Å²) in [5, 5.41) is 0.978. The summed E-state index contributed by atoms with van der Waals surface area (Å²) in [5.41, 5.74) is 6.39. The number of rotatable bonds is 0. The van der Waals surface area contributed by atoms with Crippen LogP contribution in [0.25, 0.3) is 10.9 Å². The van der Waals surface area contributed by atoms with Crippen molar-refractivity contribution in [3.63, 3.8) is 0 Å². The number of anilines is 1. The van der Waals surface area contributed by atoms with Crippen LogP contribution in [0.4, 0.5) is 5.82 Å². The molecule has 0 amide bonds. The molecule has 0 saturated carbocycles. The average molecular weight is 224 g/mol. The van der Waals surface area contributed by atoms with Gasteiger partial charge in [0.1, 0.15) is 10.4 Å². The van der Waals surface area contributed by atoms with E-state index in [0.717, 1.165) is 15.5 Å². The molecular weight excluding hydrogens is 218 g/mol. The smallest absolute Gasteiger partial charge is 0.124 e. The van der Waals surface area contributed by atoms with Gasteiger partial charge >= 0.3 is 0 Å². The van der Waals surface area contributed by atoms with Crippen molar-refractivity contribution in [2.75, 3.05) is 5.73 Å². The lowest BCUT2D eigenvalue weighted by Crippen LogP contribution is -1.90. The highest BCUT2D eigenvalue weighted by atomic mass is 79.9. The minimum atomic E-state index is 0.528. The molecule has 0 aromatic carbocycles. The number of aromatic nitrogens is 2. The topological polar surface area (TPSA) is 51.8 Å². The summed E-state index contributed by atoms with van der Waals surface area (Å²) >= 11 is 3.33. The molecule has 0 spiro atoms. The predicted molar refractivity (Wildman–Crippen MR) is 51.7 cm³/mol. The van der Waals surface area contributed by atoms with E-state index in [2.05, 4.69) is 25.9 Å². The summed E-state index contributed by atoms with van der Waals surface area (Å²) in [7, 11) is 0. The highest BCUT2D eigenvalue weighted by Crippen LogP contribution is 2.20. The van der Waals surface area contributed by atoms with Crippen LogP contribution in [0.15, 0.2) is 29.0 Å². The molecule has 0 unspecified atom stereocenters. The Hall–Kier alpha value is -1.16. The van der Waals surface area contributed by atoms with E-state index in [9.17, 15) is 0 Å². The van der Waals surface area contributed by atoms with Crippen LogP contribution in [-0.2, 0) is 0 Å². The lowest BCUT2D eigenvalue weighted by molar-refractivity contribution is 1.29. The maximum Gasteiger partial charge on any atom is 0.124 e. The summed E-state index contributed by atoms with van der Waals surface area (Å²) in [4.78, 5) is 8.22. The predicted octanol–water partition coefficient (Wildman–Crippen LogP) is 1.97. The van der Waals surface area contributed by atoms with Crippen molar-refractivity contribution < 1.29 is 0 Å². The molecule has 60 valence electrons. The molecule has 0 radical (unpaired) electrons. The standard InChI is InChI=1S/C8H6BrN3/c9-8-5-1-2-7(10)12-6(5)3-4-11-8/h1-4H,(H2,10,12).